The lowest BCUT2D eigenvalue weighted by atomic mass is 9.97. The average molecular weight is 513 g/mol. The maximum atomic E-state index is 12.6. The van der Waals surface area contributed by atoms with Gasteiger partial charge in [0.25, 0.3) is 0 Å². The molecule has 1 saturated heterocycles. The molecule has 2 aliphatic rings. The molecule has 2 aromatic heterocycles. The fraction of sp³-hybridized carbons (Fsp3) is 0.667. The number of nitrogens with two attached hydrogens (primary N) is 1. The number of aliphatic hydroxyl groups is 2. The van der Waals surface area contributed by atoms with E-state index in [1.165, 1.54) is 24.7 Å². The second kappa shape index (κ2) is 10.1. The van der Waals surface area contributed by atoms with Crippen LogP contribution >= 0.6 is 7.75 Å². The zero-order chi connectivity index (χ0) is 25.4. The van der Waals surface area contributed by atoms with Crippen LogP contribution in [0, 0.1) is 0 Å². The minimum Gasteiger partial charge on any atom is -0.461 e. The Balaban J connectivity index is 1.38. The highest BCUT2D eigenvalue weighted by Gasteiger charge is 2.53. The van der Waals surface area contributed by atoms with Gasteiger partial charge in [0, 0.05) is 0 Å². The summed E-state index contributed by atoms with van der Waals surface area (Å²) < 4.78 is 30.5. The number of carbonyl (C=O) groups excluding carboxylic acids is 1. The van der Waals surface area contributed by atoms with Gasteiger partial charge in [-0.25, -0.2) is 19.2 Å². The van der Waals surface area contributed by atoms with Gasteiger partial charge in [0.15, 0.2) is 5.82 Å². The largest absolute Gasteiger partial charge is 0.461 e. The molecule has 194 valence electrons. The lowest BCUT2D eigenvalue weighted by Gasteiger charge is -2.29. The Bertz CT molecular complexity index is 1110. The van der Waals surface area contributed by atoms with Gasteiger partial charge in [-0.3, -0.25) is 9.32 Å². The van der Waals surface area contributed by atoms with Gasteiger partial charge in [0.05, 0.1) is 12.3 Å². The predicted molar refractivity (Wildman–Crippen MR) is 123 cm³/mol. The van der Waals surface area contributed by atoms with Crippen molar-refractivity contribution in [2.75, 3.05) is 12.3 Å². The molecule has 0 amide bonds. The van der Waals surface area contributed by atoms with E-state index < -0.39 is 50.3 Å². The third-order valence-electron chi connectivity index (χ3n) is 6.53. The van der Waals surface area contributed by atoms with Crippen molar-refractivity contribution >= 4 is 25.1 Å². The molecule has 1 aliphatic heterocycles. The number of nitrogens with zero attached hydrogens (tertiary/aromatic N) is 3. The highest BCUT2D eigenvalue weighted by molar-refractivity contribution is 7.50. The molecule has 2 aromatic rings. The smallest absolute Gasteiger partial charge is 0.403 e. The molecular formula is C21H32N5O8P. The number of nitrogens with one attached hydrogen (secondary N) is 1. The Hall–Kier alpha value is -2.12. The van der Waals surface area contributed by atoms with Crippen LogP contribution in [0.2, 0.25) is 0 Å². The van der Waals surface area contributed by atoms with E-state index >= 15 is 0 Å². The summed E-state index contributed by atoms with van der Waals surface area (Å²) >= 11 is 0. The molecule has 0 radical (unpaired) electrons. The molecule has 14 heteroatoms. The monoisotopic (exact) mass is 513 g/mol. The molecule has 4 rings (SSSR count). The van der Waals surface area contributed by atoms with Crippen molar-refractivity contribution in [3.05, 3.63) is 24.2 Å². The number of aromatic nitrogens is 3. The molecule has 35 heavy (non-hydrogen) atoms. The molecule has 3 heterocycles. The van der Waals surface area contributed by atoms with Crippen LogP contribution < -0.4 is 10.8 Å². The predicted octanol–water partition coefficient (Wildman–Crippen LogP) is 0.834. The number of aliphatic hydroxyl groups excluding tert-OH is 2. The number of hydrogen-bond acceptors (Lipinski definition) is 10. The summed E-state index contributed by atoms with van der Waals surface area (Å²) in [6.07, 6.45) is 1.82. The molecule has 1 aliphatic carbocycles. The van der Waals surface area contributed by atoms with Crippen molar-refractivity contribution < 1.29 is 38.5 Å². The van der Waals surface area contributed by atoms with Crippen LogP contribution in [0.5, 0.6) is 0 Å². The average Bonchev–Trinajstić information content (AvgIpc) is 3.34. The highest BCUT2D eigenvalue weighted by atomic mass is 31.2. The van der Waals surface area contributed by atoms with Crippen LogP contribution in [0.1, 0.15) is 57.7 Å². The van der Waals surface area contributed by atoms with E-state index in [2.05, 4.69) is 15.2 Å². The first-order chi connectivity index (χ1) is 16.5. The van der Waals surface area contributed by atoms with Gasteiger partial charge >= 0.3 is 13.7 Å². The molecule has 0 bridgehead atoms. The molecule has 6 atom stereocenters. The first-order valence-corrected chi connectivity index (χ1v) is 13.2. The summed E-state index contributed by atoms with van der Waals surface area (Å²) in [7, 11) is -4.49. The number of nitrogen functional groups attached to an aromatic ring is 1. The van der Waals surface area contributed by atoms with Crippen LogP contribution in [-0.4, -0.2) is 72.2 Å². The summed E-state index contributed by atoms with van der Waals surface area (Å²) in [5, 5.41) is 27.7. The van der Waals surface area contributed by atoms with Gasteiger partial charge in [-0.05, 0) is 51.7 Å². The lowest BCUT2D eigenvalue weighted by Crippen LogP contribution is -2.44. The second-order valence-electron chi connectivity index (χ2n) is 9.33. The van der Waals surface area contributed by atoms with Crippen LogP contribution in [-0.2, 0) is 23.4 Å². The van der Waals surface area contributed by atoms with Crippen molar-refractivity contribution in [3.63, 3.8) is 0 Å². The van der Waals surface area contributed by atoms with E-state index in [0.29, 0.717) is 11.2 Å². The molecule has 6 N–H and O–H groups in total. The number of esters is 1. The van der Waals surface area contributed by atoms with Crippen LogP contribution in [0.3, 0.4) is 0 Å². The maximum absolute atomic E-state index is 12.6. The van der Waals surface area contributed by atoms with E-state index in [0.717, 1.165) is 32.1 Å². The number of rotatable bonds is 8. The maximum Gasteiger partial charge on any atom is 0.403 e. The minimum atomic E-state index is -4.49. The Morgan fingerprint density at radius 3 is 2.80 bits per heavy atom. The zero-order valence-electron chi connectivity index (χ0n) is 19.6. The molecule has 2 fully saturated rings. The molecule has 13 nitrogen and oxygen atoms in total. The first-order valence-electron chi connectivity index (χ1n) is 11.6. The lowest BCUT2D eigenvalue weighted by molar-refractivity contribution is -0.152. The second-order valence-corrected chi connectivity index (χ2v) is 10.9. The normalized spacial score (nSPS) is 30.3. The summed E-state index contributed by atoms with van der Waals surface area (Å²) in [6, 6.07) is 2.19. The van der Waals surface area contributed by atoms with Gasteiger partial charge in [0.2, 0.25) is 0 Å². The van der Waals surface area contributed by atoms with Gasteiger partial charge in [-0.15, -0.1) is 0 Å². The topological polar surface area (TPSA) is 191 Å². The van der Waals surface area contributed by atoms with Crippen LogP contribution in [0.4, 0.5) is 5.82 Å². The number of hydrogen-bond donors (Lipinski definition) is 5. The van der Waals surface area contributed by atoms with Gasteiger partial charge < -0.3 is 30.3 Å². The van der Waals surface area contributed by atoms with Crippen molar-refractivity contribution in [2.24, 2.45) is 0 Å². The van der Waals surface area contributed by atoms with E-state index in [1.807, 2.05) is 0 Å². The van der Waals surface area contributed by atoms with E-state index in [-0.39, 0.29) is 11.9 Å². The SMILES string of the molecule is C[C@H](NP(=O)(O)OC[C@@]1(C)O[C@@H](c2ccc3c(N)ncnn23)[C@H](O)[C@@H]1O)C(=O)OC1CCCCC1. The molecular weight excluding hydrogens is 481 g/mol. The van der Waals surface area contributed by atoms with Crippen molar-refractivity contribution in [2.45, 2.75) is 82.0 Å². The van der Waals surface area contributed by atoms with Crippen LogP contribution in [0.25, 0.3) is 5.52 Å². The third kappa shape index (κ3) is 5.51. The highest BCUT2D eigenvalue weighted by Crippen LogP contribution is 2.45. The number of anilines is 1. The molecule has 0 spiro atoms. The zero-order valence-corrected chi connectivity index (χ0v) is 20.5. The molecule has 1 unspecified atom stereocenters. The fourth-order valence-corrected chi connectivity index (χ4v) is 5.60. The standard InChI is InChI=1S/C21H32N5O8P/c1-12(20(29)33-13-6-4-3-5-7-13)25-35(30,31)32-10-21(2)18(28)16(27)17(34-21)14-8-9-15-19(22)23-11-24-26(14)15/h8-9,11-13,16-18,27-28H,3-7,10H2,1-2H3,(H2,22,23,24)(H2,25,30,31)/t12-,16-,17-,18-,21+/m0/s1. The first kappa shape index (κ1) is 26.0. The Kier molecular flexibility index (Phi) is 7.49. The van der Waals surface area contributed by atoms with E-state index in [4.69, 9.17) is 19.7 Å². The molecule has 0 aromatic carbocycles. The summed E-state index contributed by atoms with van der Waals surface area (Å²) in [6.45, 7) is 2.30. The summed E-state index contributed by atoms with van der Waals surface area (Å²) in [5.41, 5.74) is 5.21. The Morgan fingerprint density at radius 2 is 2.09 bits per heavy atom. The number of ether oxygens (including phenoxy) is 2. The quantitative estimate of drug-likeness (QED) is 0.247. The van der Waals surface area contributed by atoms with Gasteiger partial charge in [0.1, 0.15) is 47.9 Å². The van der Waals surface area contributed by atoms with Crippen LogP contribution in [0.15, 0.2) is 18.5 Å². The number of carbonyl (C=O) groups is 1. The van der Waals surface area contributed by atoms with Crippen molar-refractivity contribution in [1.82, 2.24) is 19.7 Å². The van der Waals surface area contributed by atoms with Gasteiger partial charge in [-0.2, -0.15) is 5.10 Å². The number of fused-ring (bicyclic) bond motifs is 1. The third-order valence-corrected chi connectivity index (χ3v) is 7.72. The summed E-state index contributed by atoms with van der Waals surface area (Å²) in [5.74, 6) is -0.413. The van der Waals surface area contributed by atoms with E-state index in [9.17, 15) is 24.5 Å². The van der Waals surface area contributed by atoms with Crippen molar-refractivity contribution in [3.8, 4) is 0 Å². The minimum absolute atomic E-state index is 0.190. The Labute approximate surface area is 202 Å². The fourth-order valence-electron chi connectivity index (χ4n) is 4.50. The summed E-state index contributed by atoms with van der Waals surface area (Å²) in [4.78, 5) is 26.5. The Morgan fingerprint density at radius 1 is 1.37 bits per heavy atom. The van der Waals surface area contributed by atoms with Gasteiger partial charge in [-0.1, -0.05) is 6.42 Å². The van der Waals surface area contributed by atoms with E-state index in [1.54, 1.807) is 12.1 Å². The van der Waals surface area contributed by atoms with Crippen molar-refractivity contribution in [1.29, 1.82) is 0 Å². The molecule has 1 saturated carbocycles.